The Balaban J connectivity index is 2.36. The van der Waals surface area contributed by atoms with Crippen LogP contribution < -0.4 is 0 Å². The molecule has 1 unspecified atom stereocenters. The lowest BCUT2D eigenvalue weighted by Gasteiger charge is -2.13. The van der Waals surface area contributed by atoms with Crippen LogP contribution in [0.5, 0.6) is 0 Å². The molecule has 0 amide bonds. The van der Waals surface area contributed by atoms with Gasteiger partial charge in [0.2, 0.25) is 0 Å². The Morgan fingerprint density at radius 1 is 1.11 bits per heavy atom. The molecule has 1 heterocycles. The third-order valence-corrected chi connectivity index (χ3v) is 3.53. The van der Waals surface area contributed by atoms with E-state index < -0.39 is 11.9 Å². The topological polar surface area (TPSA) is 42.2 Å². The van der Waals surface area contributed by atoms with Gasteiger partial charge < -0.3 is 9.67 Å². The van der Waals surface area contributed by atoms with Crippen molar-refractivity contribution in [2.45, 2.75) is 33.1 Å². The van der Waals surface area contributed by atoms with Gasteiger partial charge in [0.25, 0.3) is 0 Å². The van der Waals surface area contributed by atoms with Crippen LogP contribution in [0.15, 0.2) is 36.4 Å². The molecular formula is C16H19NO2. The van der Waals surface area contributed by atoms with E-state index in [9.17, 15) is 4.79 Å². The van der Waals surface area contributed by atoms with Gasteiger partial charge in [-0.15, -0.1) is 0 Å². The number of hydrogen-bond acceptors (Lipinski definition) is 1. The van der Waals surface area contributed by atoms with E-state index >= 15 is 0 Å². The van der Waals surface area contributed by atoms with Gasteiger partial charge in [0.05, 0.1) is 5.92 Å². The molecule has 2 rings (SSSR count). The van der Waals surface area contributed by atoms with E-state index in [4.69, 9.17) is 5.11 Å². The second-order valence-electron chi connectivity index (χ2n) is 4.84. The maximum atomic E-state index is 11.1. The first-order valence-electron chi connectivity index (χ1n) is 6.52. The van der Waals surface area contributed by atoms with E-state index in [0.29, 0.717) is 6.42 Å². The fourth-order valence-electron chi connectivity index (χ4n) is 2.48. The monoisotopic (exact) mass is 257 g/mol. The number of aromatic nitrogens is 1. The molecule has 3 nitrogen and oxygen atoms in total. The Kier molecular flexibility index (Phi) is 3.74. The summed E-state index contributed by atoms with van der Waals surface area (Å²) in [5, 5.41) is 9.16. The van der Waals surface area contributed by atoms with Crippen LogP contribution in [0.2, 0.25) is 0 Å². The third kappa shape index (κ3) is 2.55. The number of hydrogen-bond donors (Lipinski definition) is 1. The lowest BCUT2D eigenvalue weighted by atomic mass is 9.96. The summed E-state index contributed by atoms with van der Waals surface area (Å²) in [6.45, 7) is 6.02. The quantitative estimate of drug-likeness (QED) is 0.908. The summed E-state index contributed by atoms with van der Waals surface area (Å²) in [5.41, 5.74) is 4.29. The highest BCUT2D eigenvalue weighted by atomic mass is 16.4. The van der Waals surface area contributed by atoms with Gasteiger partial charge in [-0.1, -0.05) is 19.1 Å². The van der Waals surface area contributed by atoms with Crippen LogP contribution in [0, 0.1) is 13.8 Å². The summed E-state index contributed by atoms with van der Waals surface area (Å²) >= 11 is 0. The molecular weight excluding hydrogens is 238 g/mol. The standard InChI is InChI=1S/C16H19NO2/c1-4-15(16(18)19)13-7-9-14(10-8-13)17-11(2)5-6-12(17)3/h5-10,15H,4H2,1-3H3,(H,18,19). The second-order valence-corrected chi connectivity index (χ2v) is 4.84. The largest absolute Gasteiger partial charge is 0.481 e. The van der Waals surface area contributed by atoms with Crippen LogP contribution in [-0.4, -0.2) is 15.6 Å². The molecule has 2 aromatic rings. The van der Waals surface area contributed by atoms with Crippen molar-refractivity contribution >= 4 is 5.97 Å². The molecule has 1 aromatic carbocycles. The molecule has 100 valence electrons. The lowest BCUT2D eigenvalue weighted by molar-refractivity contribution is -0.138. The van der Waals surface area contributed by atoms with Crippen LogP contribution in [0.4, 0.5) is 0 Å². The normalized spacial score (nSPS) is 12.4. The van der Waals surface area contributed by atoms with Crippen LogP contribution in [0.1, 0.15) is 36.2 Å². The average molecular weight is 257 g/mol. The highest BCUT2D eigenvalue weighted by molar-refractivity contribution is 5.76. The van der Waals surface area contributed by atoms with Crippen LogP contribution in [-0.2, 0) is 4.79 Å². The Bertz CT molecular complexity index is 562. The van der Waals surface area contributed by atoms with Crippen molar-refractivity contribution in [3.05, 3.63) is 53.3 Å². The number of nitrogens with zero attached hydrogens (tertiary/aromatic N) is 1. The van der Waals surface area contributed by atoms with Crippen molar-refractivity contribution in [1.29, 1.82) is 0 Å². The fourth-order valence-corrected chi connectivity index (χ4v) is 2.48. The minimum absolute atomic E-state index is 0.416. The zero-order valence-electron chi connectivity index (χ0n) is 11.6. The number of rotatable bonds is 4. The van der Waals surface area contributed by atoms with Gasteiger partial charge in [-0.05, 0) is 50.1 Å². The molecule has 0 bridgehead atoms. The summed E-state index contributed by atoms with van der Waals surface area (Å²) in [7, 11) is 0. The van der Waals surface area contributed by atoms with E-state index in [-0.39, 0.29) is 0 Å². The van der Waals surface area contributed by atoms with Gasteiger partial charge in [-0.25, -0.2) is 0 Å². The molecule has 0 fully saturated rings. The van der Waals surface area contributed by atoms with Gasteiger partial charge >= 0.3 is 5.97 Å². The first kappa shape index (κ1) is 13.4. The summed E-state index contributed by atoms with van der Waals surface area (Å²) in [6, 6.07) is 12.0. The van der Waals surface area contributed by atoms with Crippen molar-refractivity contribution in [2.24, 2.45) is 0 Å². The molecule has 3 heteroatoms. The highest BCUT2D eigenvalue weighted by Crippen LogP contribution is 2.23. The smallest absolute Gasteiger partial charge is 0.310 e. The third-order valence-electron chi connectivity index (χ3n) is 3.53. The van der Waals surface area contributed by atoms with E-state index in [1.54, 1.807) is 0 Å². The van der Waals surface area contributed by atoms with Gasteiger partial charge in [-0.3, -0.25) is 4.79 Å². The summed E-state index contributed by atoms with van der Waals surface area (Å²) in [4.78, 5) is 11.1. The molecule has 0 aliphatic carbocycles. The SMILES string of the molecule is CCC(C(=O)O)c1ccc(-n2c(C)ccc2C)cc1. The number of aryl methyl sites for hydroxylation is 2. The molecule has 0 spiro atoms. The lowest BCUT2D eigenvalue weighted by Crippen LogP contribution is -2.10. The Morgan fingerprint density at radius 2 is 1.63 bits per heavy atom. The Labute approximate surface area is 113 Å². The summed E-state index contributed by atoms with van der Waals surface area (Å²) in [6.07, 6.45) is 0.607. The van der Waals surface area contributed by atoms with Gasteiger partial charge in [0.1, 0.15) is 0 Å². The number of carboxylic acids is 1. The van der Waals surface area contributed by atoms with Gasteiger partial charge in [0, 0.05) is 17.1 Å². The zero-order chi connectivity index (χ0) is 14.0. The zero-order valence-corrected chi connectivity index (χ0v) is 11.6. The van der Waals surface area contributed by atoms with Crippen molar-refractivity contribution in [2.75, 3.05) is 0 Å². The minimum atomic E-state index is -0.761. The molecule has 0 saturated heterocycles. The van der Waals surface area contributed by atoms with E-state index in [0.717, 1.165) is 11.3 Å². The number of carbonyl (C=O) groups is 1. The van der Waals surface area contributed by atoms with Crippen molar-refractivity contribution in [1.82, 2.24) is 4.57 Å². The second kappa shape index (κ2) is 5.31. The number of benzene rings is 1. The first-order valence-corrected chi connectivity index (χ1v) is 6.52. The molecule has 0 aliphatic heterocycles. The van der Waals surface area contributed by atoms with E-state index in [2.05, 4.69) is 30.5 Å². The summed E-state index contributed by atoms with van der Waals surface area (Å²) < 4.78 is 2.16. The highest BCUT2D eigenvalue weighted by Gasteiger charge is 2.17. The molecule has 1 atom stereocenters. The van der Waals surface area contributed by atoms with Crippen LogP contribution in [0.3, 0.4) is 0 Å². The molecule has 1 N–H and O–H groups in total. The molecule has 0 aliphatic rings. The van der Waals surface area contributed by atoms with E-state index in [1.165, 1.54) is 11.4 Å². The van der Waals surface area contributed by atoms with Gasteiger partial charge in [0.15, 0.2) is 0 Å². The molecule has 0 radical (unpaired) electrons. The predicted octanol–water partition coefficient (Wildman–Crippen LogP) is 3.67. The fraction of sp³-hybridized carbons (Fsp3) is 0.312. The Morgan fingerprint density at radius 3 is 2.05 bits per heavy atom. The number of carboxylic acid groups (broad SMARTS) is 1. The number of aliphatic carboxylic acids is 1. The average Bonchev–Trinajstić information content (AvgIpc) is 2.71. The maximum absolute atomic E-state index is 11.1. The van der Waals surface area contributed by atoms with Crippen molar-refractivity contribution in [3.8, 4) is 5.69 Å². The van der Waals surface area contributed by atoms with Crippen LogP contribution in [0.25, 0.3) is 5.69 Å². The minimum Gasteiger partial charge on any atom is -0.481 e. The first-order chi connectivity index (χ1) is 9.04. The van der Waals surface area contributed by atoms with E-state index in [1.807, 2.05) is 31.2 Å². The molecule has 0 saturated carbocycles. The predicted molar refractivity (Wildman–Crippen MR) is 75.9 cm³/mol. The van der Waals surface area contributed by atoms with Crippen molar-refractivity contribution in [3.63, 3.8) is 0 Å². The van der Waals surface area contributed by atoms with Crippen LogP contribution >= 0.6 is 0 Å². The van der Waals surface area contributed by atoms with Gasteiger partial charge in [-0.2, -0.15) is 0 Å². The molecule has 1 aromatic heterocycles. The maximum Gasteiger partial charge on any atom is 0.310 e. The van der Waals surface area contributed by atoms with Crippen molar-refractivity contribution < 1.29 is 9.90 Å². The molecule has 19 heavy (non-hydrogen) atoms. The Hall–Kier alpha value is -2.03. The summed E-state index contributed by atoms with van der Waals surface area (Å²) in [5.74, 6) is -1.18.